The molecular weight excluding hydrogens is 473 g/mol. The Morgan fingerprint density at radius 3 is 2.44 bits per heavy atom. The molecule has 1 aliphatic rings. The van der Waals surface area contributed by atoms with Crippen LogP contribution in [0.1, 0.15) is 76.7 Å². The molecule has 1 aliphatic heterocycles. The highest BCUT2D eigenvalue weighted by molar-refractivity contribution is 14.1. The van der Waals surface area contributed by atoms with Gasteiger partial charge < -0.3 is 4.74 Å². The van der Waals surface area contributed by atoms with Gasteiger partial charge in [-0.15, -0.1) is 4.40 Å². The van der Waals surface area contributed by atoms with Crippen molar-refractivity contribution in [3.05, 3.63) is 29.8 Å². The molecule has 0 saturated carbocycles. The fourth-order valence-electron chi connectivity index (χ4n) is 3.44. The van der Waals surface area contributed by atoms with Crippen molar-refractivity contribution in [2.24, 2.45) is 4.40 Å². The maximum Gasteiger partial charge on any atom is 0.285 e. The summed E-state index contributed by atoms with van der Waals surface area (Å²) in [5.41, 5.74) is 0.768. The SMILES string of the molecule is CCCCCCCC[C@@]1(CI)CCC/C(=N/S(=O)(=O)c2ccc(C)cc2)O1. The minimum absolute atomic E-state index is 0.228. The van der Waals surface area contributed by atoms with Crippen LogP contribution in [0.2, 0.25) is 0 Å². The van der Waals surface area contributed by atoms with Gasteiger partial charge in [0.1, 0.15) is 5.60 Å². The second-order valence-electron chi connectivity index (χ2n) is 7.56. The van der Waals surface area contributed by atoms with Crippen molar-refractivity contribution in [2.75, 3.05) is 4.43 Å². The molecule has 152 valence electrons. The van der Waals surface area contributed by atoms with Gasteiger partial charge >= 0.3 is 0 Å². The highest BCUT2D eigenvalue weighted by atomic mass is 127. The minimum atomic E-state index is -3.71. The summed E-state index contributed by atoms with van der Waals surface area (Å²) in [7, 11) is -3.71. The molecule has 1 fully saturated rings. The fourth-order valence-corrected chi connectivity index (χ4v) is 5.34. The Labute approximate surface area is 178 Å². The lowest BCUT2D eigenvalue weighted by atomic mass is 9.89. The molecule has 1 saturated heterocycles. The Hall–Kier alpha value is -0.630. The third-order valence-corrected chi connectivity index (χ3v) is 7.83. The van der Waals surface area contributed by atoms with Crippen LogP contribution in [0.15, 0.2) is 33.6 Å². The Balaban J connectivity index is 2.01. The van der Waals surface area contributed by atoms with Gasteiger partial charge in [0.2, 0.25) is 5.90 Å². The largest absolute Gasteiger partial charge is 0.473 e. The number of benzene rings is 1. The van der Waals surface area contributed by atoms with Crippen molar-refractivity contribution >= 4 is 38.5 Å². The van der Waals surface area contributed by atoms with E-state index in [0.717, 1.165) is 35.7 Å². The van der Waals surface area contributed by atoms with Gasteiger partial charge in [0.15, 0.2) is 0 Å². The molecule has 1 atom stereocenters. The summed E-state index contributed by atoms with van der Waals surface area (Å²) in [6.45, 7) is 4.16. The van der Waals surface area contributed by atoms with E-state index in [1.165, 1.54) is 32.1 Å². The number of halogens is 1. The second kappa shape index (κ2) is 10.8. The molecule has 0 N–H and O–H groups in total. The predicted molar refractivity (Wildman–Crippen MR) is 120 cm³/mol. The highest BCUT2D eigenvalue weighted by Crippen LogP contribution is 2.34. The van der Waals surface area contributed by atoms with E-state index in [0.29, 0.717) is 12.3 Å². The van der Waals surface area contributed by atoms with Gasteiger partial charge in [0, 0.05) is 10.8 Å². The van der Waals surface area contributed by atoms with E-state index in [2.05, 4.69) is 33.9 Å². The number of hydrogen-bond donors (Lipinski definition) is 0. The molecule has 4 nitrogen and oxygen atoms in total. The molecule has 0 spiro atoms. The summed E-state index contributed by atoms with van der Waals surface area (Å²) in [5, 5.41) is 0. The zero-order chi connectivity index (χ0) is 19.8. The molecule has 0 bridgehead atoms. The lowest BCUT2D eigenvalue weighted by Crippen LogP contribution is -2.40. The summed E-state index contributed by atoms with van der Waals surface area (Å²) < 4.78 is 36.3. The first-order chi connectivity index (χ1) is 12.9. The van der Waals surface area contributed by atoms with Crippen molar-refractivity contribution in [3.63, 3.8) is 0 Å². The first-order valence-corrected chi connectivity index (χ1v) is 13.0. The maximum atomic E-state index is 12.6. The summed E-state index contributed by atoms with van der Waals surface area (Å²) in [6, 6.07) is 6.81. The van der Waals surface area contributed by atoms with Crippen LogP contribution >= 0.6 is 22.6 Å². The molecule has 1 aromatic rings. The summed E-state index contributed by atoms with van der Waals surface area (Å²) >= 11 is 2.37. The van der Waals surface area contributed by atoms with Crippen LogP contribution in [0.4, 0.5) is 0 Å². The molecule has 0 aromatic heterocycles. The molecule has 0 aliphatic carbocycles. The minimum Gasteiger partial charge on any atom is -0.473 e. The number of hydrogen-bond acceptors (Lipinski definition) is 3. The van der Waals surface area contributed by atoms with Gasteiger partial charge in [-0.05, 0) is 44.7 Å². The molecule has 27 heavy (non-hydrogen) atoms. The number of sulfonamides is 1. The summed E-state index contributed by atoms with van der Waals surface area (Å²) in [5.74, 6) is 0.379. The third kappa shape index (κ3) is 7.04. The van der Waals surface area contributed by atoms with Crippen molar-refractivity contribution < 1.29 is 13.2 Å². The highest BCUT2D eigenvalue weighted by Gasteiger charge is 2.35. The molecule has 0 unspecified atom stereocenters. The molecule has 0 radical (unpaired) electrons. The van der Waals surface area contributed by atoms with Crippen LogP contribution in [-0.4, -0.2) is 24.3 Å². The number of nitrogens with zero attached hydrogens (tertiary/aromatic N) is 1. The molecule has 1 heterocycles. The predicted octanol–water partition coefficient (Wildman–Crippen LogP) is 6.21. The van der Waals surface area contributed by atoms with Crippen LogP contribution in [0.5, 0.6) is 0 Å². The van der Waals surface area contributed by atoms with Crippen molar-refractivity contribution in [3.8, 4) is 0 Å². The van der Waals surface area contributed by atoms with Gasteiger partial charge in [-0.2, -0.15) is 8.42 Å². The quantitative estimate of drug-likeness (QED) is 0.216. The fraction of sp³-hybridized carbons (Fsp3) is 0.667. The number of rotatable bonds is 10. The third-order valence-electron chi connectivity index (χ3n) is 5.13. The van der Waals surface area contributed by atoms with Crippen LogP contribution in [0.3, 0.4) is 0 Å². The smallest absolute Gasteiger partial charge is 0.285 e. The van der Waals surface area contributed by atoms with Gasteiger partial charge in [0.25, 0.3) is 10.0 Å². The average Bonchev–Trinajstić information content (AvgIpc) is 2.65. The topological polar surface area (TPSA) is 55.7 Å². The second-order valence-corrected chi connectivity index (χ2v) is 9.93. The van der Waals surface area contributed by atoms with E-state index in [-0.39, 0.29) is 10.5 Å². The molecule has 2 rings (SSSR count). The van der Waals surface area contributed by atoms with Crippen LogP contribution < -0.4 is 0 Å². The summed E-state index contributed by atoms with van der Waals surface area (Å²) in [6.07, 6.45) is 11.0. The normalized spacial score (nSPS) is 22.0. The van der Waals surface area contributed by atoms with E-state index in [9.17, 15) is 8.42 Å². The molecule has 1 aromatic carbocycles. The number of unbranched alkanes of at least 4 members (excludes halogenated alkanes) is 5. The Bertz CT molecular complexity index is 715. The first-order valence-electron chi connectivity index (χ1n) is 10.1. The van der Waals surface area contributed by atoms with Crippen molar-refractivity contribution in [2.45, 2.75) is 88.6 Å². The van der Waals surface area contributed by atoms with E-state index in [4.69, 9.17) is 4.74 Å². The van der Waals surface area contributed by atoms with E-state index >= 15 is 0 Å². The van der Waals surface area contributed by atoms with Crippen LogP contribution in [-0.2, 0) is 14.8 Å². The molecule has 6 heteroatoms. The van der Waals surface area contributed by atoms with Crippen molar-refractivity contribution in [1.82, 2.24) is 0 Å². The zero-order valence-corrected chi connectivity index (χ0v) is 19.5. The van der Waals surface area contributed by atoms with Crippen molar-refractivity contribution in [1.29, 1.82) is 0 Å². The monoisotopic (exact) mass is 505 g/mol. The van der Waals surface area contributed by atoms with Gasteiger partial charge in [-0.25, -0.2) is 0 Å². The molecule has 0 amide bonds. The van der Waals surface area contributed by atoms with Crippen LogP contribution in [0.25, 0.3) is 0 Å². The standard InChI is InChI=1S/C21H32INO3S/c1-3-4-5-6-7-8-15-21(17-22)16-9-10-20(26-21)23-27(24,25)19-13-11-18(2)12-14-19/h11-14H,3-10,15-17H2,1-2H3/b23-20-/t21-/m0/s1. The Kier molecular flexibility index (Phi) is 9.05. The number of alkyl halides is 1. The van der Waals surface area contributed by atoms with Crippen LogP contribution in [0, 0.1) is 6.92 Å². The zero-order valence-electron chi connectivity index (χ0n) is 16.5. The maximum absolute atomic E-state index is 12.6. The summed E-state index contributed by atoms with van der Waals surface area (Å²) in [4.78, 5) is 0.228. The van der Waals surface area contributed by atoms with Gasteiger partial charge in [-0.3, -0.25) is 0 Å². The van der Waals surface area contributed by atoms with Gasteiger partial charge in [-0.1, -0.05) is 79.3 Å². The average molecular weight is 505 g/mol. The number of ether oxygens (including phenoxy) is 1. The van der Waals surface area contributed by atoms with E-state index in [1.807, 2.05) is 6.92 Å². The Morgan fingerprint density at radius 1 is 1.11 bits per heavy atom. The van der Waals surface area contributed by atoms with Gasteiger partial charge in [0.05, 0.1) is 4.90 Å². The Morgan fingerprint density at radius 2 is 1.78 bits per heavy atom. The van der Waals surface area contributed by atoms with E-state index < -0.39 is 10.0 Å². The van der Waals surface area contributed by atoms with E-state index in [1.54, 1.807) is 24.3 Å². The lowest BCUT2D eigenvalue weighted by molar-refractivity contribution is 0.0404. The number of aryl methyl sites for hydroxylation is 1. The molecular formula is C21H32INO3S. The first kappa shape index (κ1) is 22.7. The lowest BCUT2D eigenvalue weighted by Gasteiger charge is -2.37.